The van der Waals surface area contributed by atoms with Gasteiger partial charge >= 0.3 is 0 Å². The van der Waals surface area contributed by atoms with Gasteiger partial charge in [0.1, 0.15) is 5.82 Å². The van der Waals surface area contributed by atoms with E-state index in [1.54, 1.807) is 0 Å². The molecular formula is C39H55N7O3. The number of carbonyl (C=O) groups excluding carboxylic acids is 1. The number of aromatic nitrogens is 2. The zero-order valence-corrected chi connectivity index (χ0v) is 30.2. The second kappa shape index (κ2) is 15.9. The molecule has 1 amide bonds. The maximum atomic E-state index is 14.2. The largest absolute Gasteiger partial charge is 0.381 e. The van der Waals surface area contributed by atoms with Crippen LogP contribution in [-0.2, 0) is 24.2 Å². The predicted octanol–water partition coefficient (Wildman–Crippen LogP) is 4.90. The van der Waals surface area contributed by atoms with Crippen LogP contribution in [0.15, 0.2) is 35.3 Å². The Morgan fingerprint density at radius 1 is 1.04 bits per heavy atom. The lowest BCUT2D eigenvalue weighted by molar-refractivity contribution is 0.0846. The number of likely N-dealkylation sites (N-methyl/N-ethyl adjacent to an activating group) is 1. The number of H-pyrrole nitrogens is 1. The van der Waals surface area contributed by atoms with Gasteiger partial charge in [0.2, 0.25) is 0 Å². The van der Waals surface area contributed by atoms with Gasteiger partial charge in [-0.3, -0.25) is 14.5 Å². The van der Waals surface area contributed by atoms with Gasteiger partial charge in [-0.15, -0.1) is 0 Å². The van der Waals surface area contributed by atoms with Crippen molar-refractivity contribution in [3.8, 4) is 11.1 Å². The quantitative estimate of drug-likeness (QED) is 0.298. The van der Waals surface area contributed by atoms with Crippen molar-refractivity contribution in [2.45, 2.75) is 78.9 Å². The highest BCUT2D eigenvalue weighted by molar-refractivity contribution is 5.99. The summed E-state index contributed by atoms with van der Waals surface area (Å²) in [6, 6.07) is 8.80. The molecule has 6 rings (SSSR count). The molecule has 3 aliphatic heterocycles. The van der Waals surface area contributed by atoms with Gasteiger partial charge < -0.3 is 29.7 Å². The van der Waals surface area contributed by atoms with Crippen LogP contribution in [0, 0.1) is 13.8 Å². The third kappa shape index (κ3) is 7.87. The molecule has 3 aromatic rings. The van der Waals surface area contributed by atoms with Crippen LogP contribution in [0.2, 0.25) is 0 Å². The van der Waals surface area contributed by atoms with Gasteiger partial charge in [0, 0.05) is 106 Å². The molecule has 0 bridgehead atoms. The standard InChI is InChI=1S/C39H55N7O3/c1-6-8-14-44-15-11-32-34(39(48)42-28(4)35(32)26-44)25-41-38(47)33-22-30(23-36(27(33)3)46(7-2)31-12-20-49-21-13-31)29-9-10-37(40-24-29)45-18-16-43(5)17-19-45/h9-10,22-24,31H,6-8,11-21,25-26H2,1-5H3,(H,41,47)(H,42,48). The highest BCUT2D eigenvalue weighted by atomic mass is 16.5. The summed E-state index contributed by atoms with van der Waals surface area (Å²) in [4.78, 5) is 45.0. The number of ether oxygens (including phenoxy) is 1. The zero-order chi connectivity index (χ0) is 34.5. The molecule has 0 unspecified atom stereocenters. The summed E-state index contributed by atoms with van der Waals surface area (Å²) in [6.07, 6.45) is 7.01. The summed E-state index contributed by atoms with van der Waals surface area (Å²) in [7, 11) is 2.16. The van der Waals surface area contributed by atoms with Crippen molar-refractivity contribution in [1.29, 1.82) is 0 Å². The average molecular weight is 670 g/mol. The monoisotopic (exact) mass is 669 g/mol. The number of nitrogens with one attached hydrogen (secondary N) is 2. The number of unbranched alkanes of at least 4 members (excludes halogenated alkanes) is 1. The summed E-state index contributed by atoms with van der Waals surface area (Å²) in [6.45, 7) is 17.8. The first-order valence-electron chi connectivity index (χ1n) is 18.4. The number of piperazine rings is 1. The van der Waals surface area contributed by atoms with E-state index in [1.807, 2.05) is 19.2 Å². The van der Waals surface area contributed by atoms with E-state index in [2.05, 4.69) is 75.9 Å². The molecule has 1 aromatic carbocycles. The van der Waals surface area contributed by atoms with Gasteiger partial charge in [0.15, 0.2) is 0 Å². The molecular weight excluding hydrogens is 614 g/mol. The lowest BCUT2D eigenvalue weighted by Gasteiger charge is -2.37. The van der Waals surface area contributed by atoms with E-state index in [-0.39, 0.29) is 18.0 Å². The van der Waals surface area contributed by atoms with Crippen molar-refractivity contribution in [2.24, 2.45) is 0 Å². The van der Waals surface area contributed by atoms with E-state index in [0.717, 1.165) is 131 Å². The maximum Gasteiger partial charge on any atom is 0.253 e. The molecule has 0 saturated carbocycles. The van der Waals surface area contributed by atoms with Gasteiger partial charge in [-0.2, -0.15) is 0 Å². The molecule has 264 valence electrons. The first-order valence-corrected chi connectivity index (χ1v) is 18.4. The molecule has 2 saturated heterocycles. The average Bonchev–Trinajstić information content (AvgIpc) is 3.12. The number of aryl methyl sites for hydroxylation is 1. The Hall–Kier alpha value is -3.73. The van der Waals surface area contributed by atoms with Crippen LogP contribution in [0.5, 0.6) is 0 Å². The molecule has 0 atom stereocenters. The number of carbonyl (C=O) groups is 1. The van der Waals surface area contributed by atoms with Crippen LogP contribution in [0.4, 0.5) is 11.5 Å². The van der Waals surface area contributed by atoms with E-state index in [0.29, 0.717) is 17.2 Å². The van der Waals surface area contributed by atoms with Crippen molar-refractivity contribution in [3.05, 3.63) is 74.3 Å². The van der Waals surface area contributed by atoms with Crippen LogP contribution in [0.25, 0.3) is 11.1 Å². The number of rotatable bonds is 11. The van der Waals surface area contributed by atoms with Crippen LogP contribution >= 0.6 is 0 Å². The van der Waals surface area contributed by atoms with Crippen LogP contribution in [0.3, 0.4) is 0 Å². The van der Waals surface area contributed by atoms with Gasteiger partial charge in [-0.05, 0) is 107 Å². The number of hydrogen-bond acceptors (Lipinski definition) is 8. The molecule has 0 aliphatic carbocycles. The maximum absolute atomic E-state index is 14.2. The van der Waals surface area contributed by atoms with Gasteiger partial charge in [-0.1, -0.05) is 13.3 Å². The van der Waals surface area contributed by atoms with E-state index in [1.165, 1.54) is 12.0 Å². The fraction of sp³-hybridized carbons (Fsp3) is 0.564. The highest BCUT2D eigenvalue weighted by Gasteiger charge is 2.27. The van der Waals surface area contributed by atoms with Gasteiger partial charge in [0.25, 0.3) is 11.5 Å². The summed E-state index contributed by atoms with van der Waals surface area (Å²) >= 11 is 0. The first-order chi connectivity index (χ1) is 23.8. The molecule has 10 heteroatoms. The number of hydrogen-bond donors (Lipinski definition) is 2. The van der Waals surface area contributed by atoms with Crippen molar-refractivity contribution >= 4 is 17.4 Å². The highest BCUT2D eigenvalue weighted by Crippen LogP contribution is 2.34. The summed E-state index contributed by atoms with van der Waals surface area (Å²) in [5.41, 5.74) is 8.40. The summed E-state index contributed by atoms with van der Waals surface area (Å²) < 4.78 is 5.70. The topological polar surface area (TPSA) is 97.0 Å². The fourth-order valence-electron chi connectivity index (χ4n) is 7.78. The minimum absolute atomic E-state index is 0.104. The SMILES string of the molecule is CCCCN1CCc2c(c(C)[nH]c(=O)c2CNC(=O)c2cc(-c3ccc(N4CCN(C)CC4)nc3)cc(N(CC)C3CCOCC3)c2C)C1. The Morgan fingerprint density at radius 3 is 2.51 bits per heavy atom. The van der Waals surface area contributed by atoms with Crippen LogP contribution in [0.1, 0.15) is 77.8 Å². The van der Waals surface area contributed by atoms with E-state index >= 15 is 0 Å². The molecule has 2 aromatic heterocycles. The molecule has 3 aliphatic rings. The zero-order valence-electron chi connectivity index (χ0n) is 30.2. The van der Waals surface area contributed by atoms with E-state index < -0.39 is 0 Å². The second-order valence-corrected chi connectivity index (χ2v) is 14.1. The van der Waals surface area contributed by atoms with Crippen molar-refractivity contribution in [2.75, 3.05) is 75.9 Å². The minimum atomic E-state index is -0.167. The third-order valence-corrected chi connectivity index (χ3v) is 10.9. The molecule has 10 nitrogen and oxygen atoms in total. The van der Waals surface area contributed by atoms with Gasteiger partial charge in [-0.25, -0.2) is 4.98 Å². The third-order valence-electron chi connectivity index (χ3n) is 10.9. The molecule has 2 N–H and O–H groups in total. The van der Waals surface area contributed by atoms with Gasteiger partial charge in [0.05, 0.1) is 0 Å². The minimum Gasteiger partial charge on any atom is -0.381 e. The number of anilines is 2. The Balaban J connectivity index is 1.30. The molecule has 0 spiro atoms. The lowest BCUT2D eigenvalue weighted by atomic mass is 9.93. The predicted molar refractivity (Wildman–Crippen MR) is 198 cm³/mol. The number of pyridine rings is 2. The van der Waals surface area contributed by atoms with Crippen molar-refractivity contribution < 1.29 is 9.53 Å². The normalized spacial score (nSPS) is 17.6. The van der Waals surface area contributed by atoms with Crippen molar-refractivity contribution in [1.82, 2.24) is 25.1 Å². The van der Waals surface area contributed by atoms with Crippen molar-refractivity contribution in [3.63, 3.8) is 0 Å². The number of aromatic amines is 1. The van der Waals surface area contributed by atoms with E-state index in [9.17, 15) is 9.59 Å². The van der Waals surface area contributed by atoms with E-state index in [4.69, 9.17) is 9.72 Å². The summed E-state index contributed by atoms with van der Waals surface area (Å²) in [5, 5.41) is 3.17. The fourth-order valence-corrected chi connectivity index (χ4v) is 7.78. The van der Waals surface area contributed by atoms with Crippen LogP contribution in [-0.4, -0.2) is 97.8 Å². The Morgan fingerprint density at radius 2 is 1.82 bits per heavy atom. The second-order valence-electron chi connectivity index (χ2n) is 14.1. The molecule has 49 heavy (non-hydrogen) atoms. The molecule has 0 radical (unpaired) electrons. The number of amides is 1. The first kappa shape index (κ1) is 35.1. The number of benzene rings is 1. The number of nitrogens with zero attached hydrogens (tertiary/aromatic N) is 5. The Bertz CT molecular complexity index is 1660. The Labute approximate surface area is 291 Å². The lowest BCUT2D eigenvalue weighted by Crippen LogP contribution is -2.44. The smallest absolute Gasteiger partial charge is 0.253 e. The Kier molecular flexibility index (Phi) is 11.4. The van der Waals surface area contributed by atoms with Crippen LogP contribution < -0.4 is 20.7 Å². The molecule has 2 fully saturated rings. The molecule has 5 heterocycles. The summed E-state index contributed by atoms with van der Waals surface area (Å²) in [5.74, 6) is 0.819. The number of fused-ring (bicyclic) bond motifs is 1.